The maximum Gasteiger partial charge on any atom is 0.114 e. The van der Waals surface area contributed by atoms with Crippen molar-refractivity contribution in [2.24, 2.45) is 0 Å². The lowest BCUT2D eigenvalue weighted by atomic mass is 10.0. The smallest absolute Gasteiger partial charge is 0.114 e. The summed E-state index contributed by atoms with van der Waals surface area (Å²) in [4.78, 5) is 0. The number of rotatable bonds is 19. The number of hydrogen-bond donors (Lipinski definition) is 3. The summed E-state index contributed by atoms with van der Waals surface area (Å²) in [5.74, 6) is 0. The van der Waals surface area contributed by atoms with Crippen molar-refractivity contribution in [1.29, 1.82) is 0 Å². The summed E-state index contributed by atoms with van der Waals surface area (Å²) in [6, 6.07) is 0. The summed E-state index contributed by atoms with van der Waals surface area (Å²) < 4.78 is 10.9. The van der Waals surface area contributed by atoms with Crippen LogP contribution in [0.25, 0.3) is 0 Å². The standard InChI is InChI=1S/C24H46O5/c1-2-3-4-5-6-7-8-9-10-11-12-13-14-15-16-17-18-28-22-20-29-24(23(22)27)21(26)19-25/h16-17,21-27H,2-15,18-20H2,1H3/b17-16+/t21-,22+,23+,24+/m1/s1. The average molecular weight is 415 g/mol. The van der Waals surface area contributed by atoms with E-state index in [4.69, 9.17) is 14.6 Å². The largest absolute Gasteiger partial charge is 0.394 e. The van der Waals surface area contributed by atoms with Crippen LogP contribution in [0.5, 0.6) is 0 Å². The minimum Gasteiger partial charge on any atom is -0.394 e. The summed E-state index contributed by atoms with van der Waals surface area (Å²) in [6.07, 6.45) is 19.9. The molecule has 1 aliphatic rings. The molecule has 1 heterocycles. The van der Waals surface area contributed by atoms with Gasteiger partial charge in [0.25, 0.3) is 0 Å². The predicted octanol–water partition coefficient (Wildman–Crippen LogP) is 4.52. The normalized spacial score (nSPS) is 23.2. The van der Waals surface area contributed by atoms with Gasteiger partial charge < -0.3 is 24.8 Å². The van der Waals surface area contributed by atoms with Crippen molar-refractivity contribution in [2.75, 3.05) is 19.8 Å². The number of allylic oxidation sites excluding steroid dienone is 1. The quantitative estimate of drug-likeness (QED) is 0.214. The molecular formula is C24H46O5. The molecule has 0 spiro atoms. The highest BCUT2D eigenvalue weighted by Gasteiger charge is 2.40. The van der Waals surface area contributed by atoms with Gasteiger partial charge in [0.1, 0.15) is 24.4 Å². The van der Waals surface area contributed by atoms with Gasteiger partial charge in [-0.05, 0) is 12.8 Å². The maximum atomic E-state index is 10.0. The molecule has 0 aromatic heterocycles. The molecule has 0 saturated carbocycles. The van der Waals surface area contributed by atoms with E-state index in [1.54, 1.807) is 0 Å². The second-order valence-electron chi connectivity index (χ2n) is 8.41. The Labute approximate surface area is 178 Å². The highest BCUT2D eigenvalue weighted by molar-refractivity contribution is 4.90. The summed E-state index contributed by atoms with van der Waals surface area (Å²) in [5, 5.41) is 28.5. The molecule has 0 unspecified atom stereocenters. The number of ether oxygens (including phenoxy) is 2. The van der Waals surface area contributed by atoms with Gasteiger partial charge in [-0.2, -0.15) is 0 Å². The van der Waals surface area contributed by atoms with E-state index in [9.17, 15) is 10.2 Å². The maximum absolute atomic E-state index is 10.0. The van der Waals surface area contributed by atoms with E-state index in [0.29, 0.717) is 6.61 Å². The fraction of sp³-hybridized carbons (Fsp3) is 0.917. The van der Waals surface area contributed by atoms with Gasteiger partial charge in [0.05, 0.1) is 19.8 Å². The van der Waals surface area contributed by atoms with E-state index in [-0.39, 0.29) is 6.61 Å². The fourth-order valence-corrected chi connectivity index (χ4v) is 3.85. The van der Waals surface area contributed by atoms with Gasteiger partial charge in [0.15, 0.2) is 0 Å². The van der Waals surface area contributed by atoms with Gasteiger partial charge in [-0.25, -0.2) is 0 Å². The molecule has 172 valence electrons. The first-order valence-corrected chi connectivity index (χ1v) is 12.1. The van der Waals surface area contributed by atoms with Crippen molar-refractivity contribution in [3.8, 4) is 0 Å². The molecule has 3 N–H and O–H groups in total. The monoisotopic (exact) mass is 414 g/mol. The first-order valence-electron chi connectivity index (χ1n) is 12.1. The van der Waals surface area contributed by atoms with Gasteiger partial charge >= 0.3 is 0 Å². The Bertz CT molecular complexity index is 387. The zero-order valence-electron chi connectivity index (χ0n) is 18.6. The Balaban J connectivity index is 1.84. The highest BCUT2D eigenvalue weighted by Crippen LogP contribution is 2.20. The van der Waals surface area contributed by atoms with Crippen molar-refractivity contribution in [3.05, 3.63) is 12.2 Å². The van der Waals surface area contributed by atoms with E-state index in [2.05, 4.69) is 13.0 Å². The first kappa shape index (κ1) is 26.6. The zero-order chi connectivity index (χ0) is 21.2. The second kappa shape index (κ2) is 18.3. The van der Waals surface area contributed by atoms with Crippen LogP contribution < -0.4 is 0 Å². The van der Waals surface area contributed by atoms with Gasteiger partial charge in [-0.1, -0.05) is 96.1 Å². The Morgan fingerprint density at radius 2 is 1.45 bits per heavy atom. The predicted molar refractivity (Wildman–Crippen MR) is 118 cm³/mol. The Morgan fingerprint density at radius 1 is 0.897 bits per heavy atom. The molecular weight excluding hydrogens is 368 g/mol. The summed E-state index contributed by atoms with van der Waals surface area (Å²) >= 11 is 0. The van der Waals surface area contributed by atoms with Crippen molar-refractivity contribution in [2.45, 2.75) is 121 Å². The topological polar surface area (TPSA) is 79.2 Å². The molecule has 0 bridgehead atoms. The molecule has 0 radical (unpaired) electrons. The molecule has 0 aliphatic carbocycles. The summed E-state index contributed by atoms with van der Waals surface area (Å²) in [6.45, 7) is 2.53. The van der Waals surface area contributed by atoms with Crippen molar-refractivity contribution in [1.82, 2.24) is 0 Å². The second-order valence-corrected chi connectivity index (χ2v) is 8.41. The number of aliphatic hydroxyl groups excluding tert-OH is 3. The molecule has 1 fully saturated rings. The van der Waals surface area contributed by atoms with E-state index in [0.717, 1.165) is 6.42 Å². The van der Waals surface area contributed by atoms with Crippen LogP contribution in [0.15, 0.2) is 12.2 Å². The van der Waals surface area contributed by atoms with Crippen LogP contribution in [-0.2, 0) is 9.47 Å². The average Bonchev–Trinajstić information content (AvgIpc) is 3.10. The van der Waals surface area contributed by atoms with E-state index in [1.165, 1.54) is 83.5 Å². The lowest BCUT2D eigenvalue weighted by Crippen LogP contribution is -2.41. The van der Waals surface area contributed by atoms with Crippen molar-refractivity contribution < 1.29 is 24.8 Å². The van der Waals surface area contributed by atoms with E-state index in [1.807, 2.05) is 6.08 Å². The number of hydrogen-bond acceptors (Lipinski definition) is 5. The molecule has 1 saturated heterocycles. The van der Waals surface area contributed by atoms with Gasteiger partial charge in [-0.3, -0.25) is 0 Å². The van der Waals surface area contributed by atoms with Crippen molar-refractivity contribution in [3.63, 3.8) is 0 Å². The SMILES string of the molecule is CCCCCCCCCCCCCCC/C=C/CO[C@H]1CO[C@@H]([C@H](O)CO)[C@H]1O. The summed E-state index contributed by atoms with van der Waals surface area (Å²) in [5.41, 5.74) is 0. The number of aliphatic hydroxyl groups is 3. The molecule has 0 aromatic carbocycles. The number of unbranched alkanes of at least 4 members (excludes halogenated alkanes) is 13. The van der Waals surface area contributed by atoms with Gasteiger partial charge in [0.2, 0.25) is 0 Å². The Hall–Kier alpha value is -0.460. The van der Waals surface area contributed by atoms with Crippen LogP contribution in [0.3, 0.4) is 0 Å². The third kappa shape index (κ3) is 12.7. The fourth-order valence-electron chi connectivity index (χ4n) is 3.85. The van der Waals surface area contributed by atoms with Crippen LogP contribution >= 0.6 is 0 Å². The molecule has 5 nitrogen and oxygen atoms in total. The van der Waals surface area contributed by atoms with Crippen LogP contribution in [-0.4, -0.2) is 59.6 Å². The molecule has 5 heteroatoms. The minimum atomic E-state index is -1.07. The third-order valence-electron chi connectivity index (χ3n) is 5.78. The molecule has 0 aromatic rings. The minimum absolute atomic E-state index is 0.246. The third-order valence-corrected chi connectivity index (χ3v) is 5.78. The van der Waals surface area contributed by atoms with Gasteiger partial charge in [-0.15, -0.1) is 0 Å². The van der Waals surface area contributed by atoms with Gasteiger partial charge in [0, 0.05) is 0 Å². The van der Waals surface area contributed by atoms with Crippen LogP contribution in [0, 0.1) is 0 Å². The van der Waals surface area contributed by atoms with Crippen LogP contribution in [0.4, 0.5) is 0 Å². The lowest BCUT2D eigenvalue weighted by Gasteiger charge is -2.20. The van der Waals surface area contributed by atoms with E-state index < -0.39 is 31.0 Å². The Morgan fingerprint density at radius 3 is 2.00 bits per heavy atom. The van der Waals surface area contributed by atoms with Crippen LogP contribution in [0.1, 0.15) is 96.8 Å². The molecule has 29 heavy (non-hydrogen) atoms. The Kier molecular flexibility index (Phi) is 16.8. The summed E-state index contributed by atoms with van der Waals surface area (Å²) in [7, 11) is 0. The van der Waals surface area contributed by atoms with E-state index >= 15 is 0 Å². The van der Waals surface area contributed by atoms with Crippen LogP contribution in [0.2, 0.25) is 0 Å². The highest BCUT2D eigenvalue weighted by atomic mass is 16.6. The molecule has 1 aliphatic heterocycles. The molecule has 0 amide bonds. The van der Waals surface area contributed by atoms with Crippen molar-refractivity contribution >= 4 is 0 Å². The molecule has 1 rings (SSSR count). The first-order chi connectivity index (χ1) is 14.2. The molecule has 4 atom stereocenters. The lowest BCUT2D eigenvalue weighted by molar-refractivity contribution is -0.0716. The zero-order valence-corrected chi connectivity index (χ0v) is 18.6.